The smallest absolute Gasteiger partial charge is 0.161 e. The summed E-state index contributed by atoms with van der Waals surface area (Å²) in [6.45, 7) is 0.998. The highest BCUT2D eigenvalue weighted by Crippen LogP contribution is 2.38. The van der Waals surface area contributed by atoms with Gasteiger partial charge in [0.15, 0.2) is 11.6 Å². The number of rotatable bonds is 5. The van der Waals surface area contributed by atoms with Gasteiger partial charge in [-0.25, -0.2) is 13.2 Å². The summed E-state index contributed by atoms with van der Waals surface area (Å²) in [6.07, 6.45) is 8.14. The van der Waals surface area contributed by atoms with Crippen LogP contribution in [0.1, 0.15) is 37.7 Å². The van der Waals surface area contributed by atoms with Gasteiger partial charge in [-0.2, -0.15) is 11.8 Å². The first-order chi connectivity index (χ1) is 9.56. The van der Waals surface area contributed by atoms with E-state index in [4.69, 9.17) is 0 Å². The first kappa shape index (κ1) is 15.7. The van der Waals surface area contributed by atoms with Crippen molar-refractivity contribution in [2.75, 3.05) is 12.8 Å². The number of halogens is 3. The topological polar surface area (TPSA) is 12.0 Å². The highest BCUT2D eigenvalue weighted by molar-refractivity contribution is 8.00. The standard InChI is InChI=1S/C15H20F3NS/c1-20-15(5-3-2-4-6-15)10-19-9-11-7-13(17)14(18)8-12(11)16/h7-8,19H,2-6,9-10H2,1H3. The molecule has 0 atom stereocenters. The van der Waals surface area contributed by atoms with Crippen molar-refractivity contribution in [1.82, 2.24) is 5.32 Å². The Labute approximate surface area is 122 Å². The Balaban J connectivity index is 1.93. The average Bonchev–Trinajstić information content (AvgIpc) is 2.45. The van der Waals surface area contributed by atoms with E-state index in [-0.39, 0.29) is 16.9 Å². The van der Waals surface area contributed by atoms with Gasteiger partial charge in [-0.05, 0) is 25.2 Å². The number of hydrogen-bond donors (Lipinski definition) is 1. The maximum Gasteiger partial charge on any atom is 0.161 e. The lowest BCUT2D eigenvalue weighted by Crippen LogP contribution is -2.39. The zero-order valence-electron chi connectivity index (χ0n) is 11.6. The SMILES string of the molecule is CSC1(CNCc2cc(F)c(F)cc2F)CCCCC1. The van der Waals surface area contributed by atoms with Crippen molar-refractivity contribution in [2.45, 2.75) is 43.4 Å². The van der Waals surface area contributed by atoms with Crippen LogP contribution in [0.4, 0.5) is 13.2 Å². The van der Waals surface area contributed by atoms with E-state index >= 15 is 0 Å². The molecule has 0 bridgehead atoms. The summed E-state index contributed by atoms with van der Waals surface area (Å²) < 4.78 is 39.7. The van der Waals surface area contributed by atoms with E-state index in [0.29, 0.717) is 6.07 Å². The van der Waals surface area contributed by atoms with Crippen LogP contribution < -0.4 is 5.32 Å². The van der Waals surface area contributed by atoms with Crippen LogP contribution in [0.15, 0.2) is 12.1 Å². The summed E-state index contributed by atoms with van der Waals surface area (Å²) in [7, 11) is 0. The minimum Gasteiger partial charge on any atom is -0.311 e. The molecule has 0 spiro atoms. The van der Waals surface area contributed by atoms with Crippen molar-refractivity contribution >= 4 is 11.8 Å². The Morgan fingerprint density at radius 2 is 1.70 bits per heavy atom. The second-order valence-electron chi connectivity index (χ2n) is 5.41. The average molecular weight is 303 g/mol. The summed E-state index contributed by atoms with van der Waals surface area (Å²) in [5.74, 6) is -2.84. The largest absolute Gasteiger partial charge is 0.311 e. The van der Waals surface area contributed by atoms with Crippen molar-refractivity contribution in [2.24, 2.45) is 0 Å². The second kappa shape index (κ2) is 6.85. The van der Waals surface area contributed by atoms with Gasteiger partial charge in [0.05, 0.1) is 0 Å². The van der Waals surface area contributed by atoms with Crippen LogP contribution in [-0.2, 0) is 6.54 Å². The van der Waals surface area contributed by atoms with E-state index in [2.05, 4.69) is 11.6 Å². The summed E-state index contributed by atoms with van der Waals surface area (Å²) in [5, 5.41) is 3.20. The number of nitrogens with one attached hydrogen (secondary N) is 1. The molecule has 1 fully saturated rings. The van der Waals surface area contributed by atoms with Crippen LogP contribution >= 0.6 is 11.8 Å². The molecular weight excluding hydrogens is 283 g/mol. The van der Waals surface area contributed by atoms with Crippen molar-refractivity contribution in [3.05, 3.63) is 35.1 Å². The minimum absolute atomic E-state index is 0.177. The predicted molar refractivity (Wildman–Crippen MR) is 77.4 cm³/mol. The predicted octanol–water partition coefficient (Wildman–Crippen LogP) is 4.26. The fourth-order valence-corrected chi connectivity index (χ4v) is 3.72. The third kappa shape index (κ3) is 3.70. The molecule has 1 saturated carbocycles. The molecule has 20 heavy (non-hydrogen) atoms. The Morgan fingerprint density at radius 1 is 1.05 bits per heavy atom. The minimum atomic E-state index is -1.14. The fraction of sp³-hybridized carbons (Fsp3) is 0.600. The number of thioether (sulfide) groups is 1. The molecule has 1 aromatic carbocycles. The normalized spacial score (nSPS) is 18.2. The molecule has 0 heterocycles. The Hall–Kier alpha value is -0.680. The van der Waals surface area contributed by atoms with E-state index in [0.717, 1.165) is 25.5 Å². The lowest BCUT2D eigenvalue weighted by atomic mass is 9.88. The van der Waals surface area contributed by atoms with E-state index in [1.807, 2.05) is 11.8 Å². The molecule has 0 radical (unpaired) electrons. The van der Waals surface area contributed by atoms with Crippen LogP contribution in [0.3, 0.4) is 0 Å². The molecule has 0 saturated heterocycles. The molecule has 1 N–H and O–H groups in total. The third-order valence-corrected chi connectivity index (χ3v) is 5.47. The first-order valence-electron chi connectivity index (χ1n) is 6.96. The van der Waals surface area contributed by atoms with Gasteiger partial charge in [-0.1, -0.05) is 19.3 Å². The number of benzene rings is 1. The van der Waals surface area contributed by atoms with Crippen molar-refractivity contribution in [1.29, 1.82) is 0 Å². The molecule has 5 heteroatoms. The quantitative estimate of drug-likeness (QED) is 0.816. The molecule has 0 amide bonds. The maximum atomic E-state index is 13.5. The molecule has 112 valence electrons. The Morgan fingerprint density at radius 3 is 2.35 bits per heavy atom. The van der Waals surface area contributed by atoms with Crippen molar-refractivity contribution in [3.8, 4) is 0 Å². The maximum absolute atomic E-state index is 13.5. The molecule has 1 nitrogen and oxygen atoms in total. The fourth-order valence-electron chi connectivity index (χ4n) is 2.77. The van der Waals surface area contributed by atoms with Crippen LogP contribution in [-0.4, -0.2) is 17.5 Å². The van der Waals surface area contributed by atoms with E-state index in [1.165, 1.54) is 19.3 Å². The Kier molecular flexibility index (Phi) is 5.38. The van der Waals surface area contributed by atoms with Crippen LogP contribution in [0, 0.1) is 17.5 Å². The van der Waals surface area contributed by atoms with E-state index < -0.39 is 17.5 Å². The third-order valence-electron chi connectivity index (χ3n) is 4.05. The van der Waals surface area contributed by atoms with Crippen LogP contribution in [0.5, 0.6) is 0 Å². The van der Waals surface area contributed by atoms with Gasteiger partial charge in [0.1, 0.15) is 5.82 Å². The lowest BCUT2D eigenvalue weighted by Gasteiger charge is -2.36. The van der Waals surface area contributed by atoms with Gasteiger partial charge < -0.3 is 5.32 Å². The first-order valence-corrected chi connectivity index (χ1v) is 8.18. The Bertz CT molecular complexity index is 459. The number of hydrogen-bond acceptors (Lipinski definition) is 2. The van der Waals surface area contributed by atoms with Gasteiger partial charge >= 0.3 is 0 Å². The highest BCUT2D eigenvalue weighted by Gasteiger charge is 2.30. The molecule has 2 rings (SSSR count). The van der Waals surface area contributed by atoms with Crippen molar-refractivity contribution < 1.29 is 13.2 Å². The van der Waals surface area contributed by atoms with Gasteiger partial charge in [-0.15, -0.1) is 0 Å². The molecule has 0 aliphatic heterocycles. The van der Waals surface area contributed by atoms with Gasteiger partial charge in [0.25, 0.3) is 0 Å². The summed E-state index contributed by atoms with van der Waals surface area (Å²) >= 11 is 1.85. The van der Waals surface area contributed by atoms with Gasteiger partial charge in [0.2, 0.25) is 0 Å². The van der Waals surface area contributed by atoms with Gasteiger partial charge in [0, 0.05) is 29.5 Å². The van der Waals surface area contributed by atoms with Crippen molar-refractivity contribution in [3.63, 3.8) is 0 Å². The summed E-state index contributed by atoms with van der Waals surface area (Å²) in [4.78, 5) is 0. The molecule has 1 aliphatic carbocycles. The second-order valence-corrected chi connectivity index (χ2v) is 6.68. The molecule has 0 unspecified atom stereocenters. The van der Waals surface area contributed by atoms with Gasteiger partial charge in [-0.3, -0.25) is 0 Å². The molecular formula is C15H20F3NS. The highest BCUT2D eigenvalue weighted by atomic mass is 32.2. The summed E-state index contributed by atoms with van der Waals surface area (Å²) in [5.41, 5.74) is 0.177. The molecule has 0 aromatic heterocycles. The monoisotopic (exact) mass is 303 g/mol. The van der Waals surface area contributed by atoms with Crippen LogP contribution in [0.2, 0.25) is 0 Å². The summed E-state index contributed by atoms with van der Waals surface area (Å²) in [6, 6.07) is 1.54. The molecule has 1 aromatic rings. The zero-order valence-corrected chi connectivity index (χ0v) is 12.5. The lowest BCUT2D eigenvalue weighted by molar-refractivity contribution is 0.378. The van der Waals surface area contributed by atoms with E-state index in [9.17, 15) is 13.2 Å². The van der Waals surface area contributed by atoms with E-state index in [1.54, 1.807) is 0 Å². The van der Waals surface area contributed by atoms with Crippen LogP contribution in [0.25, 0.3) is 0 Å². The molecule has 1 aliphatic rings. The zero-order chi connectivity index (χ0) is 14.6.